The van der Waals surface area contributed by atoms with Crippen LogP contribution >= 0.6 is 11.6 Å². The van der Waals surface area contributed by atoms with Crippen LogP contribution in [-0.2, 0) is 6.42 Å². The highest BCUT2D eigenvalue weighted by molar-refractivity contribution is 6.31. The molecule has 0 bridgehead atoms. The van der Waals surface area contributed by atoms with E-state index in [0.29, 0.717) is 5.92 Å². The van der Waals surface area contributed by atoms with Gasteiger partial charge in [-0.1, -0.05) is 23.7 Å². The number of benzene rings is 1. The maximum atomic E-state index is 5.90. The van der Waals surface area contributed by atoms with Gasteiger partial charge in [0.05, 0.1) is 0 Å². The van der Waals surface area contributed by atoms with Gasteiger partial charge in [-0.25, -0.2) is 0 Å². The molecule has 1 aliphatic carbocycles. The SMILES string of the molecule is [CH2]C1Cc2c(Cl)cccc21. The van der Waals surface area contributed by atoms with E-state index in [0.717, 1.165) is 11.4 Å². The quantitative estimate of drug-likeness (QED) is 0.535. The van der Waals surface area contributed by atoms with E-state index in [4.69, 9.17) is 11.6 Å². The van der Waals surface area contributed by atoms with Gasteiger partial charge in [0, 0.05) is 5.02 Å². The fraction of sp³-hybridized carbons (Fsp3) is 0.222. The molecule has 51 valence electrons. The summed E-state index contributed by atoms with van der Waals surface area (Å²) in [7, 11) is 0. The summed E-state index contributed by atoms with van der Waals surface area (Å²) in [5, 5.41) is 0.900. The molecule has 0 spiro atoms. The van der Waals surface area contributed by atoms with Crippen molar-refractivity contribution in [3.8, 4) is 0 Å². The van der Waals surface area contributed by atoms with Gasteiger partial charge in [0.2, 0.25) is 0 Å². The first-order chi connectivity index (χ1) is 4.79. The van der Waals surface area contributed by atoms with Gasteiger partial charge >= 0.3 is 0 Å². The molecular weight excluding hydrogens is 144 g/mol. The molecule has 0 fully saturated rings. The van der Waals surface area contributed by atoms with Crippen molar-refractivity contribution in [2.45, 2.75) is 12.3 Å². The van der Waals surface area contributed by atoms with Crippen LogP contribution in [0.4, 0.5) is 0 Å². The molecule has 2 rings (SSSR count). The largest absolute Gasteiger partial charge is 0.0840 e. The Kier molecular flexibility index (Phi) is 1.24. The monoisotopic (exact) mass is 151 g/mol. The second kappa shape index (κ2) is 2.00. The Morgan fingerprint density at radius 2 is 2.30 bits per heavy atom. The van der Waals surface area contributed by atoms with Crippen LogP contribution in [0.5, 0.6) is 0 Å². The van der Waals surface area contributed by atoms with Crippen LogP contribution in [0.25, 0.3) is 0 Å². The molecule has 0 amide bonds. The van der Waals surface area contributed by atoms with Crippen LogP contribution in [0.15, 0.2) is 18.2 Å². The predicted octanol–water partition coefficient (Wildman–Crippen LogP) is 2.81. The zero-order valence-electron chi connectivity index (χ0n) is 5.60. The predicted molar refractivity (Wildman–Crippen MR) is 43.3 cm³/mol. The zero-order chi connectivity index (χ0) is 7.14. The molecule has 1 aromatic carbocycles. The Balaban J connectivity index is 2.56. The number of fused-ring (bicyclic) bond motifs is 1. The number of rotatable bonds is 0. The van der Waals surface area contributed by atoms with Gasteiger partial charge in [0.25, 0.3) is 0 Å². The maximum absolute atomic E-state index is 5.90. The molecule has 0 saturated carbocycles. The van der Waals surface area contributed by atoms with Gasteiger partial charge in [-0.05, 0) is 36.5 Å². The van der Waals surface area contributed by atoms with Crippen LogP contribution in [0.1, 0.15) is 17.0 Å². The smallest absolute Gasteiger partial charge is 0.0441 e. The Hall–Kier alpha value is -0.490. The van der Waals surface area contributed by atoms with Crippen LogP contribution in [0.2, 0.25) is 5.02 Å². The Bertz CT molecular complexity index is 265. The molecule has 1 unspecified atom stereocenters. The molecule has 0 aliphatic heterocycles. The minimum Gasteiger partial charge on any atom is -0.0840 e. The van der Waals surface area contributed by atoms with Crippen molar-refractivity contribution in [1.29, 1.82) is 0 Å². The van der Waals surface area contributed by atoms with Crippen LogP contribution in [0.3, 0.4) is 0 Å². The fourth-order valence-electron chi connectivity index (χ4n) is 1.40. The van der Waals surface area contributed by atoms with Crippen LogP contribution < -0.4 is 0 Å². The molecule has 1 aliphatic rings. The lowest BCUT2D eigenvalue weighted by molar-refractivity contribution is 0.729. The highest BCUT2D eigenvalue weighted by atomic mass is 35.5. The molecule has 1 heteroatoms. The second-order valence-electron chi connectivity index (χ2n) is 2.71. The second-order valence-corrected chi connectivity index (χ2v) is 3.12. The van der Waals surface area contributed by atoms with E-state index < -0.39 is 0 Å². The third-order valence-electron chi connectivity index (χ3n) is 2.05. The van der Waals surface area contributed by atoms with Crippen molar-refractivity contribution in [2.24, 2.45) is 0 Å². The summed E-state index contributed by atoms with van der Waals surface area (Å²) in [5.74, 6) is 0.480. The maximum Gasteiger partial charge on any atom is 0.0441 e. The summed E-state index contributed by atoms with van der Waals surface area (Å²) in [5.41, 5.74) is 2.62. The van der Waals surface area contributed by atoms with Crippen molar-refractivity contribution in [2.75, 3.05) is 0 Å². The van der Waals surface area contributed by atoms with Crippen LogP contribution in [0, 0.1) is 6.92 Å². The van der Waals surface area contributed by atoms with Crippen molar-refractivity contribution in [3.63, 3.8) is 0 Å². The third-order valence-corrected chi connectivity index (χ3v) is 2.40. The molecule has 1 radical (unpaired) electrons. The van der Waals surface area contributed by atoms with Crippen molar-refractivity contribution < 1.29 is 0 Å². The molecule has 1 atom stereocenters. The van der Waals surface area contributed by atoms with E-state index in [1.807, 2.05) is 12.1 Å². The van der Waals surface area contributed by atoms with Gasteiger partial charge in [-0.2, -0.15) is 0 Å². The molecule has 0 heterocycles. The molecule has 1 aromatic rings. The standard InChI is InChI=1S/C9H8Cl/c1-6-5-8-7(6)3-2-4-9(8)10/h2-4,6H,1,5H2. The summed E-state index contributed by atoms with van der Waals surface area (Å²) in [6, 6.07) is 6.02. The first kappa shape index (κ1) is 6.23. The van der Waals surface area contributed by atoms with E-state index >= 15 is 0 Å². The lowest BCUT2D eigenvalue weighted by Crippen LogP contribution is -2.14. The van der Waals surface area contributed by atoms with E-state index in [-0.39, 0.29) is 0 Å². The topological polar surface area (TPSA) is 0 Å². The van der Waals surface area contributed by atoms with Crippen molar-refractivity contribution in [3.05, 3.63) is 41.3 Å². The third kappa shape index (κ3) is 0.688. The summed E-state index contributed by atoms with van der Waals surface area (Å²) in [6.45, 7) is 3.97. The van der Waals surface area contributed by atoms with Gasteiger partial charge < -0.3 is 0 Å². The lowest BCUT2D eigenvalue weighted by atomic mass is 9.79. The summed E-state index contributed by atoms with van der Waals surface area (Å²) < 4.78 is 0. The van der Waals surface area contributed by atoms with E-state index in [9.17, 15) is 0 Å². The normalized spacial score (nSPS) is 21.6. The Labute approximate surface area is 65.8 Å². The molecule has 0 nitrogen and oxygen atoms in total. The molecular formula is C9H8Cl. The Morgan fingerprint density at radius 3 is 2.90 bits per heavy atom. The van der Waals surface area contributed by atoms with Gasteiger partial charge in [0.1, 0.15) is 0 Å². The highest BCUT2D eigenvalue weighted by Gasteiger charge is 2.23. The van der Waals surface area contributed by atoms with E-state index in [1.165, 1.54) is 11.1 Å². The number of halogens is 1. The Morgan fingerprint density at radius 1 is 1.50 bits per heavy atom. The molecule has 0 N–H and O–H groups in total. The van der Waals surface area contributed by atoms with Crippen LogP contribution in [-0.4, -0.2) is 0 Å². The average Bonchev–Trinajstić information content (AvgIpc) is 1.91. The average molecular weight is 152 g/mol. The number of hydrogen-bond acceptors (Lipinski definition) is 0. The van der Waals surface area contributed by atoms with E-state index in [1.54, 1.807) is 0 Å². The van der Waals surface area contributed by atoms with E-state index in [2.05, 4.69) is 13.0 Å². The first-order valence-electron chi connectivity index (χ1n) is 3.39. The van der Waals surface area contributed by atoms with Crippen molar-refractivity contribution in [1.82, 2.24) is 0 Å². The lowest BCUT2D eigenvalue weighted by Gasteiger charge is -2.27. The molecule has 0 aromatic heterocycles. The minimum atomic E-state index is 0.480. The summed E-state index contributed by atoms with van der Waals surface area (Å²) in [6.07, 6.45) is 1.05. The molecule has 10 heavy (non-hydrogen) atoms. The van der Waals surface area contributed by atoms with Gasteiger partial charge in [0.15, 0.2) is 0 Å². The minimum absolute atomic E-state index is 0.480. The summed E-state index contributed by atoms with van der Waals surface area (Å²) >= 11 is 5.90. The summed E-state index contributed by atoms with van der Waals surface area (Å²) in [4.78, 5) is 0. The van der Waals surface area contributed by atoms with Gasteiger partial charge in [-0.3, -0.25) is 0 Å². The molecule has 0 saturated heterocycles. The van der Waals surface area contributed by atoms with Crippen molar-refractivity contribution >= 4 is 11.6 Å². The highest BCUT2D eigenvalue weighted by Crippen LogP contribution is 2.38. The number of hydrogen-bond donors (Lipinski definition) is 0. The fourth-order valence-corrected chi connectivity index (χ4v) is 1.66. The van der Waals surface area contributed by atoms with Gasteiger partial charge in [-0.15, -0.1) is 0 Å². The first-order valence-corrected chi connectivity index (χ1v) is 3.77. The zero-order valence-corrected chi connectivity index (χ0v) is 6.36.